The van der Waals surface area contributed by atoms with Crippen molar-refractivity contribution < 1.29 is 8.78 Å². The minimum atomic E-state index is -0.533. The Morgan fingerprint density at radius 1 is 1.16 bits per heavy atom. The van der Waals surface area contributed by atoms with Crippen molar-refractivity contribution in [2.24, 2.45) is 0 Å². The van der Waals surface area contributed by atoms with E-state index in [-0.39, 0.29) is 16.5 Å². The fraction of sp³-hybridized carbons (Fsp3) is 0. The van der Waals surface area contributed by atoms with Gasteiger partial charge in [0, 0.05) is 0 Å². The van der Waals surface area contributed by atoms with Crippen molar-refractivity contribution in [2.45, 2.75) is 0 Å². The van der Waals surface area contributed by atoms with E-state index < -0.39 is 5.82 Å². The van der Waals surface area contributed by atoms with Gasteiger partial charge in [-0.3, -0.25) is 0 Å². The molecule has 0 aliphatic heterocycles. The third-order valence-corrected chi connectivity index (χ3v) is 3.77. The Morgan fingerprint density at radius 2 is 2.00 bits per heavy atom. The van der Waals surface area contributed by atoms with Crippen LogP contribution in [0, 0.1) is 11.6 Å². The van der Waals surface area contributed by atoms with Crippen LogP contribution in [0.25, 0.3) is 10.2 Å². The Morgan fingerprint density at radius 3 is 2.84 bits per heavy atom. The van der Waals surface area contributed by atoms with E-state index >= 15 is 0 Å². The maximum absolute atomic E-state index is 13.7. The zero-order valence-electron chi connectivity index (χ0n) is 9.45. The Hall–Kier alpha value is -1.72. The molecule has 0 bridgehead atoms. The molecule has 0 aliphatic rings. The van der Waals surface area contributed by atoms with Gasteiger partial charge in [-0.05, 0) is 30.3 Å². The monoisotopic (exact) mass is 296 g/mol. The number of aromatic nitrogens is 1. The number of hydrogen-bond acceptors (Lipinski definition) is 3. The standard InChI is InChI=1S/C13H7ClF2N2S/c14-8-2-1-3-10(12(8)16)18-13-17-9-5-4-7(15)6-11(9)19-13/h1-6H,(H,17,18). The van der Waals surface area contributed by atoms with Crippen molar-refractivity contribution >= 4 is 44.0 Å². The van der Waals surface area contributed by atoms with Crippen molar-refractivity contribution in [1.82, 2.24) is 4.98 Å². The number of benzene rings is 2. The Balaban J connectivity index is 1.99. The predicted molar refractivity (Wildman–Crippen MR) is 74.3 cm³/mol. The number of fused-ring (bicyclic) bond motifs is 1. The van der Waals surface area contributed by atoms with Gasteiger partial charge in [-0.1, -0.05) is 29.0 Å². The number of anilines is 2. The number of nitrogens with zero attached hydrogens (tertiary/aromatic N) is 1. The first-order valence-corrected chi connectivity index (χ1v) is 6.60. The van der Waals surface area contributed by atoms with Gasteiger partial charge in [-0.25, -0.2) is 13.8 Å². The molecule has 96 valence electrons. The van der Waals surface area contributed by atoms with Gasteiger partial charge in [0.15, 0.2) is 10.9 Å². The minimum absolute atomic E-state index is 0.0390. The molecular weight excluding hydrogens is 290 g/mol. The van der Waals surface area contributed by atoms with Crippen molar-refractivity contribution in [3.05, 3.63) is 53.1 Å². The minimum Gasteiger partial charge on any atom is -0.329 e. The lowest BCUT2D eigenvalue weighted by molar-refractivity contribution is 0.630. The van der Waals surface area contributed by atoms with E-state index in [1.54, 1.807) is 18.2 Å². The highest BCUT2D eigenvalue weighted by atomic mass is 35.5. The first kappa shape index (κ1) is 12.3. The molecule has 0 unspecified atom stereocenters. The first-order valence-electron chi connectivity index (χ1n) is 5.40. The van der Waals surface area contributed by atoms with Gasteiger partial charge in [0.1, 0.15) is 5.82 Å². The molecule has 2 nitrogen and oxygen atoms in total. The Kier molecular flexibility index (Phi) is 3.08. The number of rotatable bonds is 2. The van der Waals surface area contributed by atoms with Crippen LogP contribution in [0.5, 0.6) is 0 Å². The molecule has 0 saturated carbocycles. The Labute approximate surface area is 116 Å². The number of nitrogens with one attached hydrogen (secondary N) is 1. The lowest BCUT2D eigenvalue weighted by Gasteiger charge is -2.04. The SMILES string of the molecule is Fc1ccc2nc(Nc3cccc(Cl)c3F)sc2c1. The molecule has 6 heteroatoms. The molecule has 1 aromatic heterocycles. The van der Waals surface area contributed by atoms with Crippen molar-refractivity contribution in [3.8, 4) is 0 Å². The molecule has 2 aromatic carbocycles. The topological polar surface area (TPSA) is 24.9 Å². The van der Waals surface area contributed by atoms with Crippen LogP contribution in [-0.4, -0.2) is 4.98 Å². The van der Waals surface area contributed by atoms with Crippen LogP contribution in [0.2, 0.25) is 5.02 Å². The van der Waals surface area contributed by atoms with Gasteiger partial charge in [-0.2, -0.15) is 0 Å². The van der Waals surface area contributed by atoms with Crippen LogP contribution >= 0.6 is 22.9 Å². The van der Waals surface area contributed by atoms with Gasteiger partial charge in [0.05, 0.1) is 20.9 Å². The van der Waals surface area contributed by atoms with E-state index in [4.69, 9.17) is 11.6 Å². The summed E-state index contributed by atoms with van der Waals surface area (Å²) in [5.41, 5.74) is 0.906. The summed E-state index contributed by atoms with van der Waals surface area (Å²) >= 11 is 6.95. The molecule has 1 heterocycles. The maximum atomic E-state index is 13.7. The third-order valence-electron chi connectivity index (χ3n) is 2.54. The van der Waals surface area contributed by atoms with E-state index in [2.05, 4.69) is 10.3 Å². The lowest BCUT2D eigenvalue weighted by Crippen LogP contribution is -1.93. The molecule has 19 heavy (non-hydrogen) atoms. The van der Waals surface area contributed by atoms with Crippen molar-refractivity contribution in [3.63, 3.8) is 0 Å². The van der Waals surface area contributed by atoms with Crippen molar-refractivity contribution in [1.29, 1.82) is 0 Å². The second kappa shape index (κ2) is 4.75. The fourth-order valence-electron chi connectivity index (χ4n) is 1.67. The normalized spacial score (nSPS) is 10.9. The second-order valence-corrected chi connectivity index (χ2v) is 5.30. The van der Waals surface area contributed by atoms with E-state index in [0.29, 0.717) is 15.3 Å². The van der Waals surface area contributed by atoms with Gasteiger partial charge in [0.2, 0.25) is 0 Å². The predicted octanol–water partition coefficient (Wildman–Crippen LogP) is 4.97. The number of hydrogen-bond donors (Lipinski definition) is 1. The molecule has 0 spiro atoms. The van der Waals surface area contributed by atoms with Crippen LogP contribution in [0.3, 0.4) is 0 Å². The van der Waals surface area contributed by atoms with E-state index in [0.717, 1.165) is 0 Å². The quantitative estimate of drug-likeness (QED) is 0.722. The molecule has 0 radical (unpaired) electrons. The van der Waals surface area contributed by atoms with Crippen LogP contribution in [0.15, 0.2) is 36.4 Å². The molecule has 0 saturated heterocycles. The summed E-state index contributed by atoms with van der Waals surface area (Å²) in [5.74, 6) is -0.855. The highest BCUT2D eigenvalue weighted by molar-refractivity contribution is 7.22. The molecular formula is C13H7ClF2N2S. The molecule has 1 N–H and O–H groups in total. The molecule has 0 fully saturated rings. The van der Waals surface area contributed by atoms with Gasteiger partial charge >= 0.3 is 0 Å². The van der Waals surface area contributed by atoms with Crippen LogP contribution < -0.4 is 5.32 Å². The molecule has 0 aliphatic carbocycles. The average molecular weight is 297 g/mol. The fourth-order valence-corrected chi connectivity index (χ4v) is 2.75. The van der Waals surface area contributed by atoms with E-state index in [1.807, 2.05) is 0 Å². The second-order valence-electron chi connectivity index (χ2n) is 3.86. The molecule has 0 amide bonds. The zero-order chi connectivity index (χ0) is 13.4. The molecule has 3 aromatic rings. The lowest BCUT2D eigenvalue weighted by atomic mass is 10.3. The summed E-state index contributed by atoms with van der Waals surface area (Å²) in [4.78, 5) is 4.25. The molecule has 0 atom stereocenters. The summed E-state index contributed by atoms with van der Waals surface area (Å²) in [6.45, 7) is 0. The van der Waals surface area contributed by atoms with Gasteiger partial charge < -0.3 is 5.32 Å². The summed E-state index contributed by atoms with van der Waals surface area (Å²) in [5, 5.41) is 3.37. The first-order chi connectivity index (χ1) is 9.13. The van der Waals surface area contributed by atoms with Crippen LogP contribution in [-0.2, 0) is 0 Å². The maximum Gasteiger partial charge on any atom is 0.188 e. The van der Waals surface area contributed by atoms with Gasteiger partial charge in [-0.15, -0.1) is 0 Å². The van der Waals surface area contributed by atoms with Crippen LogP contribution in [0.1, 0.15) is 0 Å². The number of halogens is 3. The van der Waals surface area contributed by atoms with E-state index in [1.165, 1.54) is 29.5 Å². The van der Waals surface area contributed by atoms with Gasteiger partial charge in [0.25, 0.3) is 0 Å². The highest BCUT2D eigenvalue weighted by Gasteiger charge is 2.09. The van der Waals surface area contributed by atoms with Crippen LogP contribution in [0.4, 0.5) is 19.6 Å². The van der Waals surface area contributed by atoms with E-state index in [9.17, 15) is 8.78 Å². The summed E-state index contributed by atoms with van der Waals surface area (Å²) < 4.78 is 27.5. The average Bonchev–Trinajstić information content (AvgIpc) is 2.76. The highest BCUT2D eigenvalue weighted by Crippen LogP contribution is 2.31. The third kappa shape index (κ3) is 2.39. The zero-order valence-corrected chi connectivity index (χ0v) is 11.0. The molecule has 3 rings (SSSR count). The van der Waals surface area contributed by atoms with Crippen molar-refractivity contribution in [2.75, 3.05) is 5.32 Å². The smallest absolute Gasteiger partial charge is 0.188 e. The largest absolute Gasteiger partial charge is 0.329 e. The summed E-state index contributed by atoms with van der Waals surface area (Å²) in [7, 11) is 0. The number of thiazole rings is 1. The Bertz CT molecular complexity index is 757. The summed E-state index contributed by atoms with van der Waals surface area (Å²) in [6.07, 6.45) is 0. The summed E-state index contributed by atoms with van der Waals surface area (Å²) in [6, 6.07) is 8.99.